The van der Waals surface area contributed by atoms with Crippen molar-refractivity contribution in [1.29, 1.82) is 0 Å². The zero-order chi connectivity index (χ0) is 13.8. The summed E-state index contributed by atoms with van der Waals surface area (Å²) < 4.78 is 0. The highest BCUT2D eigenvalue weighted by Gasteiger charge is 2.03. The largest absolute Gasteiger partial charge is 0.368 e. The molecule has 0 spiro atoms. The van der Waals surface area contributed by atoms with Gasteiger partial charge in [0.15, 0.2) is 0 Å². The molecule has 2 rings (SSSR count). The number of nitrogens with one attached hydrogen (secondary N) is 2. The van der Waals surface area contributed by atoms with Gasteiger partial charge in [-0.25, -0.2) is 4.98 Å². The Bertz CT molecular complexity index is 569. The number of benzene rings is 1. The van der Waals surface area contributed by atoms with Gasteiger partial charge in [-0.15, -0.1) is 0 Å². The zero-order valence-corrected chi connectivity index (χ0v) is 12.0. The van der Waals surface area contributed by atoms with E-state index in [2.05, 4.69) is 34.4 Å². The normalized spacial score (nSPS) is 10.6. The maximum atomic E-state index is 5.93. The van der Waals surface area contributed by atoms with Crippen LogP contribution >= 0.6 is 11.6 Å². The molecule has 0 radical (unpaired) electrons. The maximum Gasteiger partial charge on any atom is 0.229 e. The van der Waals surface area contributed by atoms with Crippen molar-refractivity contribution in [1.82, 2.24) is 9.97 Å². The molecule has 1 aromatic carbocycles. The van der Waals surface area contributed by atoms with Gasteiger partial charge in [0.2, 0.25) is 5.95 Å². The summed E-state index contributed by atoms with van der Waals surface area (Å²) in [4.78, 5) is 8.62. The number of aromatic nitrogens is 2. The Morgan fingerprint density at radius 1 is 1.21 bits per heavy atom. The monoisotopic (exact) mass is 276 g/mol. The first-order chi connectivity index (χ1) is 9.04. The fourth-order valence-corrected chi connectivity index (χ4v) is 1.91. The van der Waals surface area contributed by atoms with Gasteiger partial charge in [-0.2, -0.15) is 4.98 Å². The van der Waals surface area contributed by atoms with Crippen molar-refractivity contribution in [2.75, 3.05) is 10.6 Å². The van der Waals surface area contributed by atoms with Crippen LogP contribution in [0.5, 0.6) is 0 Å². The minimum atomic E-state index is 0.333. The lowest BCUT2D eigenvalue weighted by Crippen LogP contribution is -2.11. The fourth-order valence-electron chi connectivity index (χ4n) is 1.68. The molecule has 0 unspecified atom stereocenters. The summed E-state index contributed by atoms with van der Waals surface area (Å²) >= 11 is 5.93. The van der Waals surface area contributed by atoms with Crippen LogP contribution in [-0.4, -0.2) is 16.0 Å². The number of anilines is 3. The van der Waals surface area contributed by atoms with Crippen LogP contribution in [0.15, 0.2) is 30.5 Å². The van der Waals surface area contributed by atoms with Gasteiger partial charge in [0.25, 0.3) is 0 Å². The highest BCUT2D eigenvalue weighted by Crippen LogP contribution is 2.22. The number of rotatable bonds is 4. The summed E-state index contributed by atoms with van der Waals surface area (Å²) in [5.41, 5.74) is 2.00. The standard InChI is InChI=1S/C14H17ClN4/c1-9(2)17-13-6-7-16-14(19-13)18-12-5-4-11(15)8-10(12)3/h4-9H,1-3H3,(H2,16,17,18,19). The Morgan fingerprint density at radius 2 is 2.00 bits per heavy atom. The van der Waals surface area contributed by atoms with E-state index >= 15 is 0 Å². The van der Waals surface area contributed by atoms with Crippen LogP contribution in [0.25, 0.3) is 0 Å². The van der Waals surface area contributed by atoms with Crippen molar-refractivity contribution in [2.24, 2.45) is 0 Å². The number of halogens is 1. The predicted octanol–water partition coefficient (Wildman–Crippen LogP) is 4.00. The van der Waals surface area contributed by atoms with Gasteiger partial charge in [0.05, 0.1) is 0 Å². The smallest absolute Gasteiger partial charge is 0.229 e. The summed E-state index contributed by atoms with van der Waals surface area (Å²) in [6.07, 6.45) is 1.73. The van der Waals surface area contributed by atoms with Crippen LogP contribution in [0.1, 0.15) is 19.4 Å². The third kappa shape index (κ3) is 3.83. The molecule has 0 saturated carbocycles. The second-order valence-corrected chi connectivity index (χ2v) is 5.09. The minimum absolute atomic E-state index is 0.333. The lowest BCUT2D eigenvalue weighted by Gasteiger charge is -2.11. The van der Waals surface area contributed by atoms with Gasteiger partial charge in [-0.3, -0.25) is 0 Å². The van der Waals surface area contributed by atoms with Crippen molar-refractivity contribution in [3.63, 3.8) is 0 Å². The van der Waals surface area contributed by atoms with E-state index in [1.54, 1.807) is 6.20 Å². The van der Waals surface area contributed by atoms with E-state index in [1.165, 1.54) is 0 Å². The van der Waals surface area contributed by atoms with E-state index in [-0.39, 0.29) is 0 Å². The van der Waals surface area contributed by atoms with Gasteiger partial charge in [-0.1, -0.05) is 11.6 Å². The molecule has 19 heavy (non-hydrogen) atoms. The first kappa shape index (κ1) is 13.6. The Kier molecular flexibility index (Phi) is 4.22. The summed E-state index contributed by atoms with van der Waals surface area (Å²) in [6, 6.07) is 7.84. The maximum absolute atomic E-state index is 5.93. The van der Waals surface area contributed by atoms with E-state index in [4.69, 9.17) is 11.6 Å². The van der Waals surface area contributed by atoms with Gasteiger partial charge in [-0.05, 0) is 50.6 Å². The van der Waals surface area contributed by atoms with Crippen LogP contribution < -0.4 is 10.6 Å². The highest BCUT2D eigenvalue weighted by molar-refractivity contribution is 6.30. The topological polar surface area (TPSA) is 49.8 Å². The third-order valence-electron chi connectivity index (χ3n) is 2.53. The quantitative estimate of drug-likeness (QED) is 0.886. The molecule has 4 nitrogen and oxygen atoms in total. The summed E-state index contributed by atoms with van der Waals surface area (Å²) in [5, 5.41) is 7.16. The molecule has 0 aliphatic carbocycles. The van der Waals surface area contributed by atoms with E-state index < -0.39 is 0 Å². The van der Waals surface area contributed by atoms with Gasteiger partial charge < -0.3 is 10.6 Å². The molecule has 5 heteroatoms. The van der Waals surface area contributed by atoms with Crippen molar-refractivity contribution in [3.8, 4) is 0 Å². The molecule has 0 aliphatic rings. The number of nitrogens with zero attached hydrogens (tertiary/aromatic N) is 2. The lowest BCUT2D eigenvalue weighted by molar-refractivity contribution is 0.887. The van der Waals surface area contributed by atoms with Crippen molar-refractivity contribution in [2.45, 2.75) is 26.8 Å². The molecular weight excluding hydrogens is 260 g/mol. The average molecular weight is 277 g/mol. The van der Waals surface area contributed by atoms with E-state index in [0.29, 0.717) is 12.0 Å². The molecule has 0 amide bonds. The van der Waals surface area contributed by atoms with Gasteiger partial charge in [0, 0.05) is 22.9 Å². The number of hydrogen-bond donors (Lipinski definition) is 2. The molecule has 0 bridgehead atoms. The third-order valence-corrected chi connectivity index (χ3v) is 2.76. The molecule has 1 heterocycles. The van der Waals surface area contributed by atoms with Crippen LogP contribution in [-0.2, 0) is 0 Å². The van der Waals surface area contributed by atoms with Crippen LogP contribution in [0, 0.1) is 6.92 Å². The van der Waals surface area contributed by atoms with Crippen LogP contribution in [0.3, 0.4) is 0 Å². The van der Waals surface area contributed by atoms with Crippen molar-refractivity contribution < 1.29 is 0 Å². The Morgan fingerprint density at radius 3 is 2.68 bits per heavy atom. The molecule has 2 N–H and O–H groups in total. The number of aryl methyl sites for hydroxylation is 1. The molecule has 0 atom stereocenters. The van der Waals surface area contributed by atoms with Crippen molar-refractivity contribution in [3.05, 3.63) is 41.0 Å². The van der Waals surface area contributed by atoms with E-state index in [9.17, 15) is 0 Å². The summed E-state index contributed by atoms with van der Waals surface area (Å²) in [6.45, 7) is 6.13. The average Bonchev–Trinajstić information content (AvgIpc) is 2.32. The molecule has 0 fully saturated rings. The van der Waals surface area contributed by atoms with Crippen LogP contribution in [0.4, 0.5) is 17.5 Å². The van der Waals surface area contributed by atoms with E-state index in [1.807, 2.05) is 31.2 Å². The fraction of sp³-hybridized carbons (Fsp3) is 0.286. The summed E-state index contributed by atoms with van der Waals surface area (Å²) in [7, 11) is 0. The van der Waals surface area contributed by atoms with Gasteiger partial charge >= 0.3 is 0 Å². The second kappa shape index (κ2) is 5.89. The predicted molar refractivity (Wildman–Crippen MR) is 80.3 cm³/mol. The van der Waals surface area contributed by atoms with Crippen LogP contribution in [0.2, 0.25) is 5.02 Å². The van der Waals surface area contributed by atoms with Gasteiger partial charge in [0.1, 0.15) is 5.82 Å². The highest BCUT2D eigenvalue weighted by atomic mass is 35.5. The first-order valence-electron chi connectivity index (χ1n) is 6.17. The lowest BCUT2D eigenvalue weighted by atomic mass is 10.2. The molecule has 1 aromatic heterocycles. The Labute approximate surface area is 118 Å². The van der Waals surface area contributed by atoms with E-state index in [0.717, 1.165) is 22.1 Å². The van der Waals surface area contributed by atoms with Crippen molar-refractivity contribution >= 4 is 29.1 Å². The molecule has 2 aromatic rings. The molecule has 0 saturated heterocycles. The molecular formula is C14H17ClN4. The molecule has 0 aliphatic heterocycles. The zero-order valence-electron chi connectivity index (χ0n) is 11.2. The number of hydrogen-bond acceptors (Lipinski definition) is 4. The second-order valence-electron chi connectivity index (χ2n) is 4.65. The minimum Gasteiger partial charge on any atom is -0.368 e. The first-order valence-corrected chi connectivity index (χ1v) is 6.55. The summed E-state index contributed by atoms with van der Waals surface area (Å²) in [5.74, 6) is 1.37. The Balaban J connectivity index is 2.18. The molecule has 100 valence electrons. The SMILES string of the molecule is Cc1cc(Cl)ccc1Nc1nccc(NC(C)C)n1. The Hall–Kier alpha value is -1.81.